The van der Waals surface area contributed by atoms with Crippen LogP contribution in [0.4, 0.5) is 11.5 Å². The third kappa shape index (κ3) is 4.54. The number of aryl methyl sites for hydroxylation is 1. The number of hydrogen-bond donors (Lipinski definition) is 2. The van der Waals surface area contributed by atoms with Crippen LogP contribution in [0.1, 0.15) is 62.2 Å². The summed E-state index contributed by atoms with van der Waals surface area (Å²) in [4.78, 5) is 20.9. The van der Waals surface area contributed by atoms with Crippen LogP contribution in [0.25, 0.3) is 0 Å². The van der Waals surface area contributed by atoms with Crippen molar-refractivity contribution in [1.29, 1.82) is 0 Å². The van der Waals surface area contributed by atoms with Gasteiger partial charge < -0.3 is 10.6 Å². The lowest BCUT2D eigenvalue weighted by molar-refractivity contribution is 0.102. The number of anilines is 2. The largest absolute Gasteiger partial charge is 0.365 e. The lowest BCUT2D eigenvalue weighted by Crippen LogP contribution is -2.27. The molecule has 0 aliphatic carbocycles. The van der Waals surface area contributed by atoms with Crippen molar-refractivity contribution in [3.8, 4) is 0 Å². The van der Waals surface area contributed by atoms with Gasteiger partial charge in [0.25, 0.3) is 5.91 Å². The fourth-order valence-electron chi connectivity index (χ4n) is 2.45. The number of rotatable bonds is 4. The quantitative estimate of drug-likeness (QED) is 0.875. The smallest absolute Gasteiger partial charge is 0.274 e. The molecule has 0 spiro atoms. The van der Waals surface area contributed by atoms with Gasteiger partial charge in [0.05, 0.1) is 0 Å². The molecule has 24 heavy (non-hydrogen) atoms. The standard InChI is InChI=1S/C19H26N4O/c1-12(2)14-9-7-8-13(3)17(14)22-18(24)15-10-16(21-11-20-15)23-19(4,5)6/h7-12H,1-6H3,(H,22,24)(H,20,21,23). The second-order valence-corrected chi connectivity index (χ2v) is 7.31. The molecule has 1 amide bonds. The number of aromatic nitrogens is 2. The Morgan fingerprint density at radius 1 is 1.17 bits per heavy atom. The Hall–Kier alpha value is -2.43. The zero-order valence-corrected chi connectivity index (χ0v) is 15.3. The lowest BCUT2D eigenvalue weighted by Gasteiger charge is -2.21. The van der Waals surface area contributed by atoms with Gasteiger partial charge in [0, 0.05) is 17.3 Å². The molecule has 5 heteroatoms. The molecule has 5 nitrogen and oxygen atoms in total. The number of nitrogens with zero attached hydrogens (tertiary/aromatic N) is 2. The highest BCUT2D eigenvalue weighted by atomic mass is 16.1. The molecule has 0 saturated carbocycles. The number of carbonyl (C=O) groups excluding carboxylic acids is 1. The minimum Gasteiger partial charge on any atom is -0.365 e. The maximum Gasteiger partial charge on any atom is 0.274 e. The van der Waals surface area contributed by atoms with Crippen molar-refractivity contribution in [2.45, 2.75) is 53.0 Å². The Morgan fingerprint density at radius 3 is 2.50 bits per heavy atom. The summed E-state index contributed by atoms with van der Waals surface area (Å²) in [6, 6.07) is 7.72. The van der Waals surface area contributed by atoms with Crippen LogP contribution in [0.3, 0.4) is 0 Å². The maximum absolute atomic E-state index is 12.6. The molecule has 1 aromatic carbocycles. The van der Waals surface area contributed by atoms with E-state index in [-0.39, 0.29) is 11.4 Å². The Bertz CT molecular complexity index is 732. The normalized spacial score (nSPS) is 11.5. The summed E-state index contributed by atoms with van der Waals surface area (Å²) in [6.45, 7) is 12.3. The van der Waals surface area contributed by atoms with Crippen molar-refractivity contribution in [3.63, 3.8) is 0 Å². The molecule has 2 N–H and O–H groups in total. The van der Waals surface area contributed by atoms with Crippen LogP contribution < -0.4 is 10.6 Å². The van der Waals surface area contributed by atoms with Gasteiger partial charge in [-0.1, -0.05) is 32.0 Å². The second-order valence-electron chi connectivity index (χ2n) is 7.31. The summed E-state index contributed by atoms with van der Waals surface area (Å²) in [5.41, 5.74) is 3.22. The van der Waals surface area contributed by atoms with Gasteiger partial charge in [0.15, 0.2) is 0 Å². The van der Waals surface area contributed by atoms with Crippen molar-refractivity contribution in [2.75, 3.05) is 10.6 Å². The van der Waals surface area contributed by atoms with Crippen LogP contribution in [0.2, 0.25) is 0 Å². The van der Waals surface area contributed by atoms with Crippen LogP contribution >= 0.6 is 0 Å². The molecule has 128 valence electrons. The minimum atomic E-state index is -0.231. The SMILES string of the molecule is Cc1cccc(C(C)C)c1NC(=O)c1cc(NC(C)(C)C)ncn1. The van der Waals surface area contributed by atoms with Gasteiger partial charge >= 0.3 is 0 Å². The van der Waals surface area contributed by atoms with E-state index in [2.05, 4.69) is 34.4 Å². The average molecular weight is 326 g/mol. The van der Waals surface area contributed by atoms with Crippen molar-refractivity contribution in [3.05, 3.63) is 47.4 Å². The predicted octanol–water partition coefficient (Wildman–Crippen LogP) is 4.37. The van der Waals surface area contributed by atoms with E-state index in [9.17, 15) is 4.79 Å². The summed E-state index contributed by atoms with van der Waals surface area (Å²) in [5, 5.41) is 6.26. The third-order valence-corrected chi connectivity index (χ3v) is 3.57. The predicted molar refractivity (Wildman–Crippen MR) is 98.6 cm³/mol. The van der Waals surface area contributed by atoms with E-state index in [4.69, 9.17) is 0 Å². The molecule has 0 saturated heterocycles. The van der Waals surface area contributed by atoms with E-state index in [0.717, 1.165) is 16.8 Å². The monoisotopic (exact) mass is 326 g/mol. The number of hydrogen-bond acceptors (Lipinski definition) is 4. The Morgan fingerprint density at radius 2 is 1.88 bits per heavy atom. The topological polar surface area (TPSA) is 66.9 Å². The molecular formula is C19H26N4O. The molecule has 0 bridgehead atoms. The Kier molecular flexibility index (Phi) is 5.22. The van der Waals surface area contributed by atoms with Crippen molar-refractivity contribution >= 4 is 17.4 Å². The van der Waals surface area contributed by atoms with Crippen LogP contribution in [-0.4, -0.2) is 21.4 Å². The third-order valence-electron chi connectivity index (χ3n) is 3.57. The Balaban J connectivity index is 2.27. The van der Waals surface area contributed by atoms with Gasteiger partial charge in [-0.05, 0) is 44.7 Å². The number of para-hydroxylation sites is 1. The first-order valence-electron chi connectivity index (χ1n) is 8.18. The van der Waals surface area contributed by atoms with E-state index >= 15 is 0 Å². The zero-order chi connectivity index (χ0) is 17.9. The molecule has 1 aromatic heterocycles. The van der Waals surface area contributed by atoms with Crippen LogP contribution in [0, 0.1) is 6.92 Å². The lowest BCUT2D eigenvalue weighted by atomic mass is 9.98. The summed E-state index contributed by atoms with van der Waals surface area (Å²) in [5.74, 6) is 0.728. The molecule has 2 aromatic rings. The summed E-state index contributed by atoms with van der Waals surface area (Å²) in [6.07, 6.45) is 1.41. The molecule has 0 atom stereocenters. The van der Waals surface area contributed by atoms with Crippen LogP contribution in [0.15, 0.2) is 30.6 Å². The zero-order valence-electron chi connectivity index (χ0n) is 15.3. The van der Waals surface area contributed by atoms with E-state index in [1.807, 2.05) is 45.9 Å². The molecule has 1 heterocycles. The second kappa shape index (κ2) is 6.99. The summed E-state index contributed by atoms with van der Waals surface area (Å²) in [7, 11) is 0. The first-order chi connectivity index (χ1) is 11.2. The number of amides is 1. The highest BCUT2D eigenvalue weighted by Crippen LogP contribution is 2.27. The first-order valence-corrected chi connectivity index (χ1v) is 8.18. The molecule has 0 aliphatic heterocycles. The van der Waals surface area contributed by atoms with Gasteiger partial charge in [0.2, 0.25) is 0 Å². The van der Waals surface area contributed by atoms with E-state index in [1.54, 1.807) is 6.07 Å². The Labute approximate surface area is 143 Å². The molecular weight excluding hydrogens is 300 g/mol. The van der Waals surface area contributed by atoms with E-state index < -0.39 is 0 Å². The number of benzene rings is 1. The van der Waals surface area contributed by atoms with Gasteiger partial charge in [-0.15, -0.1) is 0 Å². The molecule has 0 radical (unpaired) electrons. The van der Waals surface area contributed by atoms with E-state index in [0.29, 0.717) is 17.4 Å². The highest BCUT2D eigenvalue weighted by molar-refractivity contribution is 6.04. The molecule has 2 rings (SSSR count). The van der Waals surface area contributed by atoms with Crippen LogP contribution in [-0.2, 0) is 0 Å². The fraction of sp³-hybridized carbons (Fsp3) is 0.421. The summed E-state index contributed by atoms with van der Waals surface area (Å²) < 4.78 is 0. The molecule has 0 fully saturated rings. The molecule has 0 aliphatic rings. The van der Waals surface area contributed by atoms with Crippen molar-refractivity contribution in [2.24, 2.45) is 0 Å². The average Bonchev–Trinajstić information content (AvgIpc) is 2.47. The van der Waals surface area contributed by atoms with Gasteiger partial charge in [-0.3, -0.25) is 4.79 Å². The molecule has 0 unspecified atom stereocenters. The minimum absolute atomic E-state index is 0.136. The highest BCUT2D eigenvalue weighted by Gasteiger charge is 2.16. The van der Waals surface area contributed by atoms with Crippen molar-refractivity contribution < 1.29 is 4.79 Å². The van der Waals surface area contributed by atoms with Gasteiger partial charge in [0.1, 0.15) is 17.8 Å². The number of nitrogens with one attached hydrogen (secondary N) is 2. The van der Waals surface area contributed by atoms with Gasteiger partial charge in [-0.2, -0.15) is 0 Å². The van der Waals surface area contributed by atoms with E-state index in [1.165, 1.54) is 6.33 Å². The summed E-state index contributed by atoms with van der Waals surface area (Å²) >= 11 is 0. The first kappa shape index (κ1) is 17.9. The van der Waals surface area contributed by atoms with Gasteiger partial charge in [-0.25, -0.2) is 9.97 Å². The number of carbonyl (C=O) groups is 1. The van der Waals surface area contributed by atoms with Crippen LogP contribution in [0.5, 0.6) is 0 Å². The fourth-order valence-corrected chi connectivity index (χ4v) is 2.45. The maximum atomic E-state index is 12.6. The van der Waals surface area contributed by atoms with Crippen molar-refractivity contribution in [1.82, 2.24) is 9.97 Å².